The molecule has 1 aliphatic heterocycles. The van der Waals surface area contributed by atoms with Gasteiger partial charge in [0.1, 0.15) is 6.61 Å². The van der Waals surface area contributed by atoms with Crippen LogP contribution in [0.3, 0.4) is 0 Å². The van der Waals surface area contributed by atoms with Crippen molar-refractivity contribution < 1.29 is 14.2 Å². The fourth-order valence-corrected chi connectivity index (χ4v) is 3.60. The molecule has 2 aliphatic rings. The van der Waals surface area contributed by atoms with E-state index in [0.717, 1.165) is 61.5 Å². The third-order valence-electron chi connectivity index (χ3n) is 5.28. The maximum absolute atomic E-state index is 5.97. The summed E-state index contributed by atoms with van der Waals surface area (Å²) < 4.78 is 17.3. The number of benzene rings is 1. The van der Waals surface area contributed by atoms with Crippen molar-refractivity contribution >= 4 is 0 Å². The number of hydrogen-bond donors (Lipinski definition) is 1. The molecule has 0 spiro atoms. The Balaban J connectivity index is 1.29. The highest BCUT2D eigenvalue weighted by Crippen LogP contribution is 2.29. The molecule has 1 atom stereocenters. The topological polar surface area (TPSA) is 55.9 Å². The van der Waals surface area contributed by atoms with Crippen molar-refractivity contribution in [1.29, 1.82) is 0 Å². The summed E-state index contributed by atoms with van der Waals surface area (Å²) in [5.41, 5.74) is 2.19. The van der Waals surface area contributed by atoms with Gasteiger partial charge in [-0.3, -0.25) is 9.88 Å². The highest BCUT2D eigenvalue weighted by Gasteiger charge is 2.32. The van der Waals surface area contributed by atoms with Crippen LogP contribution in [0.4, 0.5) is 0 Å². The predicted molar refractivity (Wildman–Crippen MR) is 108 cm³/mol. The van der Waals surface area contributed by atoms with Gasteiger partial charge in [-0.1, -0.05) is 12.1 Å². The Bertz CT molecular complexity index is 752. The van der Waals surface area contributed by atoms with Crippen molar-refractivity contribution in [2.24, 2.45) is 0 Å². The van der Waals surface area contributed by atoms with Crippen LogP contribution in [0.1, 0.15) is 24.0 Å². The van der Waals surface area contributed by atoms with Gasteiger partial charge in [-0.25, -0.2) is 0 Å². The zero-order valence-electron chi connectivity index (χ0n) is 16.5. The minimum atomic E-state index is 0.272. The average molecular weight is 383 g/mol. The summed E-state index contributed by atoms with van der Waals surface area (Å²) in [5, 5.41) is 3.53. The first-order valence-electron chi connectivity index (χ1n) is 10.1. The lowest BCUT2D eigenvalue weighted by Gasteiger charge is -2.33. The lowest BCUT2D eigenvalue weighted by atomic mass is 10.2. The fraction of sp³-hybridized carbons (Fsp3) is 0.500. The van der Waals surface area contributed by atoms with E-state index in [4.69, 9.17) is 14.2 Å². The van der Waals surface area contributed by atoms with Crippen LogP contribution in [0, 0.1) is 0 Å². The van der Waals surface area contributed by atoms with E-state index >= 15 is 0 Å². The Morgan fingerprint density at radius 1 is 1.21 bits per heavy atom. The summed E-state index contributed by atoms with van der Waals surface area (Å²) in [6.07, 6.45) is 6.55. The van der Waals surface area contributed by atoms with Gasteiger partial charge in [0.2, 0.25) is 0 Å². The largest absolute Gasteiger partial charge is 0.493 e. The molecule has 2 heterocycles. The van der Waals surface area contributed by atoms with Gasteiger partial charge in [-0.2, -0.15) is 0 Å². The lowest BCUT2D eigenvalue weighted by molar-refractivity contribution is -0.0301. The van der Waals surface area contributed by atoms with Crippen LogP contribution < -0.4 is 14.8 Å². The van der Waals surface area contributed by atoms with Gasteiger partial charge in [-0.15, -0.1) is 0 Å². The van der Waals surface area contributed by atoms with Crippen LogP contribution in [-0.4, -0.2) is 55.4 Å². The van der Waals surface area contributed by atoms with Crippen molar-refractivity contribution in [3.05, 3.63) is 53.9 Å². The SMILES string of the molecule is COc1ccc(CNCC2CN(C3CC3)CCO2)cc1OCc1cccnc1. The molecule has 1 saturated carbocycles. The van der Waals surface area contributed by atoms with E-state index in [1.807, 2.05) is 30.5 Å². The van der Waals surface area contributed by atoms with Crippen molar-refractivity contribution in [3.63, 3.8) is 0 Å². The molecular weight excluding hydrogens is 354 g/mol. The van der Waals surface area contributed by atoms with E-state index in [1.165, 1.54) is 12.8 Å². The minimum Gasteiger partial charge on any atom is -0.493 e. The number of hydrogen-bond acceptors (Lipinski definition) is 6. The summed E-state index contributed by atoms with van der Waals surface area (Å²) in [6, 6.07) is 10.8. The summed E-state index contributed by atoms with van der Waals surface area (Å²) in [6.45, 7) is 5.07. The molecule has 1 aliphatic carbocycles. The number of morpholine rings is 1. The molecule has 150 valence electrons. The first kappa shape index (κ1) is 19.2. The Hall–Kier alpha value is -2.15. The van der Waals surface area contributed by atoms with E-state index in [9.17, 15) is 0 Å². The zero-order chi connectivity index (χ0) is 19.2. The molecule has 1 saturated heterocycles. The van der Waals surface area contributed by atoms with Gasteiger partial charge in [0.05, 0.1) is 19.8 Å². The molecule has 2 aromatic rings. The Labute approximate surface area is 166 Å². The molecule has 1 aromatic carbocycles. The van der Waals surface area contributed by atoms with Crippen molar-refractivity contribution in [3.8, 4) is 11.5 Å². The van der Waals surface area contributed by atoms with Gasteiger partial charge in [0.25, 0.3) is 0 Å². The first-order chi connectivity index (χ1) is 13.8. The Morgan fingerprint density at radius 3 is 2.93 bits per heavy atom. The maximum atomic E-state index is 5.97. The molecule has 1 aromatic heterocycles. The minimum absolute atomic E-state index is 0.272. The molecule has 0 amide bonds. The monoisotopic (exact) mass is 383 g/mol. The molecule has 0 bridgehead atoms. The standard InChI is InChI=1S/C22H29N3O3/c1-26-21-7-4-17(11-22(21)28-16-18-3-2-8-23-13-18)12-24-14-20-15-25(9-10-27-20)19-5-6-19/h2-4,7-8,11,13,19-20,24H,5-6,9-10,12,14-16H2,1H3. The van der Waals surface area contributed by atoms with Crippen LogP contribution >= 0.6 is 0 Å². The van der Waals surface area contributed by atoms with Crippen LogP contribution in [-0.2, 0) is 17.9 Å². The molecule has 1 unspecified atom stereocenters. The number of nitrogens with zero attached hydrogens (tertiary/aromatic N) is 2. The lowest BCUT2D eigenvalue weighted by Crippen LogP contribution is -2.47. The highest BCUT2D eigenvalue weighted by molar-refractivity contribution is 5.43. The Kier molecular flexibility index (Phi) is 6.41. The third-order valence-corrected chi connectivity index (χ3v) is 5.28. The van der Waals surface area contributed by atoms with Crippen LogP contribution in [0.15, 0.2) is 42.7 Å². The summed E-state index contributed by atoms with van der Waals surface area (Å²) >= 11 is 0. The van der Waals surface area contributed by atoms with Gasteiger partial charge in [0, 0.05) is 50.2 Å². The van der Waals surface area contributed by atoms with Crippen LogP contribution in [0.2, 0.25) is 0 Å². The zero-order valence-corrected chi connectivity index (χ0v) is 16.5. The number of ether oxygens (including phenoxy) is 3. The van der Waals surface area contributed by atoms with Gasteiger partial charge in [0.15, 0.2) is 11.5 Å². The smallest absolute Gasteiger partial charge is 0.161 e. The van der Waals surface area contributed by atoms with E-state index < -0.39 is 0 Å². The Morgan fingerprint density at radius 2 is 2.14 bits per heavy atom. The number of nitrogens with one attached hydrogen (secondary N) is 1. The predicted octanol–water partition coefficient (Wildman–Crippen LogP) is 2.62. The second kappa shape index (κ2) is 9.37. The van der Waals surface area contributed by atoms with Gasteiger partial charge in [-0.05, 0) is 36.6 Å². The normalized spacial score (nSPS) is 20.1. The molecule has 1 N–H and O–H groups in total. The summed E-state index contributed by atoms with van der Waals surface area (Å²) in [7, 11) is 1.66. The van der Waals surface area contributed by atoms with Crippen LogP contribution in [0.5, 0.6) is 11.5 Å². The molecular formula is C22H29N3O3. The first-order valence-corrected chi connectivity index (χ1v) is 10.1. The van der Waals surface area contributed by atoms with Gasteiger partial charge < -0.3 is 19.5 Å². The van der Waals surface area contributed by atoms with E-state index in [0.29, 0.717) is 6.61 Å². The summed E-state index contributed by atoms with van der Waals surface area (Å²) in [5.74, 6) is 1.49. The molecule has 6 heteroatoms. The van der Waals surface area contributed by atoms with E-state index in [1.54, 1.807) is 13.3 Å². The quantitative estimate of drug-likeness (QED) is 0.718. The number of methoxy groups -OCH3 is 1. The molecule has 4 rings (SSSR count). The van der Waals surface area contributed by atoms with Crippen LogP contribution in [0.25, 0.3) is 0 Å². The van der Waals surface area contributed by atoms with E-state index in [-0.39, 0.29) is 6.10 Å². The highest BCUT2D eigenvalue weighted by atomic mass is 16.5. The second-order valence-corrected chi connectivity index (χ2v) is 7.48. The van der Waals surface area contributed by atoms with Gasteiger partial charge >= 0.3 is 0 Å². The number of pyridine rings is 1. The molecule has 2 fully saturated rings. The second-order valence-electron chi connectivity index (χ2n) is 7.48. The molecule has 0 radical (unpaired) electrons. The number of rotatable bonds is 9. The molecule has 6 nitrogen and oxygen atoms in total. The molecule has 28 heavy (non-hydrogen) atoms. The van der Waals surface area contributed by atoms with E-state index in [2.05, 4.69) is 21.3 Å². The third kappa shape index (κ3) is 5.22. The van der Waals surface area contributed by atoms with Crippen molar-refractivity contribution in [1.82, 2.24) is 15.2 Å². The van der Waals surface area contributed by atoms with Crippen molar-refractivity contribution in [2.45, 2.75) is 38.1 Å². The van der Waals surface area contributed by atoms with Crippen molar-refractivity contribution in [2.75, 3.05) is 33.4 Å². The summed E-state index contributed by atoms with van der Waals surface area (Å²) in [4.78, 5) is 6.70. The number of aromatic nitrogens is 1. The fourth-order valence-electron chi connectivity index (χ4n) is 3.60. The maximum Gasteiger partial charge on any atom is 0.161 e. The average Bonchev–Trinajstić information content (AvgIpc) is 3.59.